The van der Waals surface area contributed by atoms with Crippen LogP contribution in [0, 0.1) is 17.5 Å². The fourth-order valence-corrected chi connectivity index (χ4v) is 20.8. The molecule has 0 radical (unpaired) electrons. The number of anilines is 3. The number of halogens is 3. The topological polar surface area (TPSA) is 355 Å². The van der Waals surface area contributed by atoms with E-state index in [2.05, 4.69) is 0 Å². The first-order valence-corrected chi connectivity index (χ1v) is 46.8. The Kier molecular flexibility index (Phi) is 29.4. The second-order valence-electron chi connectivity index (χ2n) is 29.8. The smallest absolute Gasteiger partial charge is 0.356 e. The van der Waals surface area contributed by atoms with Crippen molar-refractivity contribution in [2.45, 2.75) is 110 Å². The minimum absolute atomic E-state index is 0.000794. The van der Waals surface area contributed by atoms with E-state index in [1.54, 1.807) is 124 Å². The Morgan fingerprint density at radius 1 is 0.301 bits per heavy atom. The standard InChI is InChI=1S/3C31H29FNO6PS/c3*32-23-14-9-21(10-15-23)27(34)7-4-8-29-30(33(31(36)41-29)24-5-2-1-3-6-24)26-18-13-22(19-28(26)35)20-11-16-25(17-12-20)40(37,38)39/h3*1-3,5-6,9-19,27,29-30,34-35H,4,7-8H2,(H2,37,38,39)/t27?,29-,30-;27-,29-,30-;/m11./s1. The Hall–Kier alpha value is -10.4. The van der Waals surface area contributed by atoms with E-state index in [9.17, 15) is 101 Å². The molecule has 15 rings (SSSR count). The number of aromatic hydroxyl groups is 3. The maximum absolute atomic E-state index is 13.3. The SMILES string of the molecule is O=C1SC(CCCC(O)c2ccc(F)cc2)C(c2ccc(-c3ccc(P(=O)(O)O)cc3)cc2O)N1c1ccccc1.O=C1S[C@H](CCCC(O)c2ccc(F)cc2)[C@@H](c2ccc(-c3ccc(P(=O)(O)O)cc3)cc2O)N1c1ccccc1.O=C1S[C@H](CCC[C@@H](O)c2ccc(F)cc2)[C@@H](c2ccc(-c3ccc(P(=O)(O)O)cc3)cc2O)N1c1ccccc1. The molecule has 0 aromatic heterocycles. The van der Waals surface area contributed by atoms with Crippen molar-refractivity contribution >= 4 is 107 Å². The Labute approximate surface area is 720 Å². The largest absolute Gasteiger partial charge is 0.508 e. The van der Waals surface area contributed by atoms with Gasteiger partial charge in [-0.25, -0.2) is 13.2 Å². The monoisotopic (exact) mass is 1780 g/mol. The number of phenolic OH excluding ortho intramolecular Hbond substituents is 3. The second-order valence-corrected chi connectivity index (χ2v) is 38.2. The lowest BCUT2D eigenvalue weighted by Crippen LogP contribution is -2.29. The second kappa shape index (κ2) is 40.1. The Balaban J connectivity index is 0.000000159. The number of thioether (sulfide) groups is 3. The predicted molar refractivity (Wildman–Crippen MR) is 477 cm³/mol. The molecule has 30 heteroatoms. The molecule has 0 aliphatic carbocycles. The number of carbonyl (C=O) groups excluding carboxylic acids is 3. The highest BCUT2D eigenvalue weighted by molar-refractivity contribution is 8.15. The van der Waals surface area contributed by atoms with Crippen molar-refractivity contribution in [1.29, 1.82) is 0 Å². The summed E-state index contributed by atoms with van der Waals surface area (Å²) in [5.41, 5.74) is 9.74. The van der Waals surface area contributed by atoms with Crippen molar-refractivity contribution in [3.63, 3.8) is 0 Å². The number of amides is 3. The average molecular weight is 1780 g/mol. The van der Waals surface area contributed by atoms with Crippen molar-refractivity contribution < 1.29 is 101 Å². The first kappa shape index (κ1) is 90.3. The number of rotatable bonds is 27. The highest BCUT2D eigenvalue weighted by atomic mass is 32.2. The van der Waals surface area contributed by atoms with E-state index in [-0.39, 0.29) is 82.1 Å². The highest BCUT2D eigenvalue weighted by Crippen LogP contribution is 2.53. The van der Waals surface area contributed by atoms with E-state index in [1.165, 1.54) is 108 Å². The maximum atomic E-state index is 13.3. The summed E-state index contributed by atoms with van der Waals surface area (Å²) in [6, 6.07) is 76.9. The van der Waals surface area contributed by atoms with Crippen molar-refractivity contribution in [3.05, 3.63) is 342 Å². The number of carbonyl (C=O) groups is 3. The van der Waals surface area contributed by atoms with Crippen LogP contribution in [0.5, 0.6) is 17.2 Å². The van der Waals surface area contributed by atoms with Gasteiger partial charge in [-0.05, 0) is 235 Å². The highest BCUT2D eigenvalue weighted by Gasteiger charge is 2.47. The summed E-state index contributed by atoms with van der Waals surface area (Å²) in [7, 11) is -13.1. The first-order valence-electron chi connectivity index (χ1n) is 39.3. The number of aliphatic hydroxyl groups excluding tert-OH is 3. The summed E-state index contributed by atoms with van der Waals surface area (Å²) in [5.74, 6) is -1.10. The molecule has 636 valence electrons. The van der Waals surface area contributed by atoms with Crippen LogP contribution in [0.1, 0.15) is 128 Å². The van der Waals surface area contributed by atoms with Crippen LogP contribution in [0.2, 0.25) is 0 Å². The van der Waals surface area contributed by atoms with E-state index in [0.717, 1.165) is 0 Å². The van der Waals surface area contributed by atoms with E-state index in [1.807, 2.05) is 109 Å². The molecular weight excluding hydrogens is 1690 g/mol. The molecule has 9 atom stereocenters. The Morgan fingerprint density at radius 2 is 0.520 bits per heavy atom. The minimum atomic E-state index is -4.37. The molecule has 123 heavy (non-hydrogen) atoms. The van der Waals surface area contributed by atoms with E-state index in [0.29, 0.717) is 142 Å². The Morgan fingerprint density at radius 3 is 0.732 bits per heavy atom. The first-order chi connectivity index (χ1) is 58.8. The van der Waals surface area contributed by atoms with Crippen LogP contribution in [0.15, 0.2) is 291 Å². The number of para-hydroxylation sites is 3. The molecule has 21 nitrogen and oxygen atoms in total. The van der Waals surface area contributed by atoms with Crippen LogP contribution < -0.4 is 30.6 Å². The molecule has 0 saturated carbocycles. The minimum Gasteiger partial charge on any atom is -0.508 e. The molecule has 3 aliphatic rings. The molecule has 3 amide bonds. The van der Waals surface area contributed by atoms with Gasteiger partial charge in [0.25, 0.3) is 15.7 Å². The van der Waals surface area contributed by atoms with Gasteiger partial charge >= 0.3 is 22.8 Å². The van der Waals surface area contributed by atoms with Crippen molar-refractivity contribution in [1.82, 2.24) is 0 Å². The molecule has 3 heterocycles. The van der Waals surface area contributed by atoms with Crippen molar-refractivity contribution in [3.8, 4) is 50.6 Å². The molecule has 0 bridgehead atoms. The lowest BCUT2D eigenvalue weighted by Gasteiger charge is -2.28. The summed E-state index contributed by atoms with van der Waals surface area (Å²) in [4.78, 5) is 101. The third-order valence-corrected chi connectivity index (χ3v) is 28.2. The van der Waals surface area contributed by atoms with Gasteiger partial charge in [0.2, 0.25) is 0 Å². The summed E-state index contributed by atoms with van der Waals surface area (Å²) >= 11 is 3.61. The van der Waals surface area contributed by atoms with Gasteiger partial charge < -0.3 is 60.0 Å². The summed E-state index contributed by atoms with van der Waals surface area (Å²) < 4.78 is 74.4. The molecule has 12 aromatic carbocycles. The third-order valence-electron chi connectivity index (χ3n) is 21.7. The predicted octanol–water partition coefficient (Wildman–Crippen LogP) is 20.1. The average Bonchev–Trinajstić information content (AvgIpc) is 1.64. The van der Waals surface area contributed by atoms with Crippen molar-refractivity contribution in [2.75, 3.05) is 14.7 Å². The zero-order valence-corrected chi connectivity index (χ0v) is 70.8. The van der Waals surface area contributed by atoms with Crippen LogP contribution >= 0.6 is 58.1 Å². The van der Waals surface area contributed by atoms with E-state index in [4.69, 9.17) is 0 Å². The quantitative estimate of drug-likeness (QED) is 0.0213. The van der Waals surface area contributed by atoms with Crippen LogP contribution in [-0.4, -0.2) is 91.5 Å². The Bertz CT molecular complexity index is 5250. The molecule has 12 N–H and O–H groups in total. The van der Waals surface area contributed by atoms with Gasteiger partial charge in [-0.15, -0.1) is 0 Å². The van der Waals surface area contributed by atoms with Crippen molar-refractivity contribution in [2.24, 2.45) is 0 Å². The normalized spacial score (nSPS) is 18.0. The van der Waals surface area contributed by atoms with Gasteiger partial charge in [0.15, 0.2) is 0 Å². The summed E-state index contributed by atoms with van der Waals surface area (Å²) in [6.45, 7) is 0. The number of aliphatic hydroxyl groups is 3. The summed E-state index contributed by atoms with van der Waals surface area (Å²) in [6.07, 6.45) is 2.62. The number of hydrogen-bond donors (Lipinski definition) is 12. The number of phenols is 3. The van der Waals surface area contributed by atoms with Crippen LogP contribution in [0.3, 0.4) is 0 Å². The lowest BCUT2D eigenvalue weighted by atomic mass is 9.94. The molecule has 12 aromatic rings. The molecule has 4 unspecified atom stereocenters. The van der Waals surface area contributed by atoms with Gasteiger partial charge in [0.1, 0.15) is 34.7 Å². The number of benzene rings is 12. The van der Waals surface area contributed by atoms with Crippen LogP contribution in [-0.2, 0) is 13.7 Å². The molecule has 0 spiro atoms. The number of hydrogen-bond acceptors (Lipinski definition) is 15. The van der Waals surface area contributed by atoms with Gasteiger partial charge in [0, 0.05) is 49.5 Å². The van der Waals surface area contributed by atoms with Gasteiger partial charge in [-0.3, -0.25) is 42.8 Å². The van der Waals surface area contributed by atoms with Crippen LogP contribution in [0.4, 0.5) is 44.6 Å². The molecule has 3 fully saturated rings. The zero-order chi connectivity index (χ0) is 87.4. The maximum Gasteiger partial charge on any atom is 0.356 e. The lowest BCUT2D eigenvalue weighted by molar-refractivity contribution is 0.163. The molecule has 3 saturated heterocycles. The third kappa shape index (κ3) is 22.4. The van der Waals surface area contributed by atoms with Gasteiger partial charge in [0.05, 0.1) is 52.4 Å². The fraction of sp³-hybridized carbons (Fsp3) is 0.194. The van der Waals surface area contributed by atoms with E-state index >= 15 is 0 Å². The van der Waals surface area contributed by atoms with Crippen LogP contribution in [0.25, 0.3) is 33.4 Å². The summed E-state index contributed by atoms with van der Waals surface area (Å²) in [5, 5.41) is 64.1. The zero-order valence-electron chi connectivity index (χ0n) is 65.6. The van der Waals surface area contributed by atoms with E-state index < -0.39 is 59.2 Å². The number of nitrogens with zero attached hydrogens (tertiary/aromatic N) is 3. The van der Waals surface area contributed by atoms with Gasteiger partial charge in [-0.1, -0.05) is 199 Å². The fourth-order valence-electron chi connectivity index (χ4n) is 15.4. The molecule has 3 aliphatic heterocycles. The molecular formula is C93H87F3N3O18P3S3. The van der Waals surface area contributed by atoms with Gasteiger partial charge in [-0.2, -0.15) is 0 Å².